The van der Waals surface area contributed by atoms with E-state index in [2.05, 4.69) is 44.8 Å². The van der Waals surface area contributed by atoms with Crippen LogP contribution in [0.5, 0.6) is 5.75 Å². The van der Waals surface area contributed by atoms with E-state index in [1.807, 2.05) is 6.07 Å². The van der Waals surface area contributed by atoms with Gasteiger partial charge in [0.2, 0.25) is 0 Å². The van der Waals surface area contributed by atoms with Gasteiger partial charge in [-0.15, -0.1) is 0 Å². The zero-order chi connectivity index (χ0) is 18.4. The Morgan fingerprint density at radius 1 is 1.19 bits per heavy atom. The van der Waals surface area contributed by atoms with Crippen LogP contribution >= 0.6 is 0 Å². The summed E-state index contributed by atoms with van der Waals surface area (Å²) in [5.74, 6) is -0.237. The molecule has 0 spiro atoms. The predicted octanol–water partition coefficient (Wildman–Crippen LogP) is 2.87. The van der Waals surface area contributed by atoms with Crippen LogP contribution < -0.4 is 15.5 Å². The van der Waals surface area contributed by atoms with Gasteiger partial charge in [-0.2, -0.15) is 0 Å². The van der Waals surface area contributed by atoms with Crippen molar-refractivity contribution in [3.8, 4) is 5.75 Å². The standard InChI is InChI=1S/C20H25FN4O/c1-22-20(23-14-15-7-8-19(26)18(21)13-15)24-16-9-11-25(12-10-16)17-5-3-2-4-6-17/h2-8,13,16,26H,9-12,14H2,1H3,(H2,22,23,24). The maximum atomic E-state index is 13.4. The number of phenols is 1. The van der Waals surface area contributed by atoms with E-state index in [-0.39, 0.29) is 5.75 Å². The van der Waals surface area contributed by atoms with Gasteiger partial charge in [-0.3, -0.25) is 4.99 Å². The molecule has 5 nitrogen and oxygen atoms in total. The van der Waals surface area contributed by atoms with E-state index in [0.717, 1.165) is 31.5 Å². The van der Waals surface area contributed by atoms with Crippen molar-refractivity contribution in [2.45, 2.75) is 25.4 Å². The summed E-state index contributed by atoms with van der Waals surface area (Å²) in [7, 11) is 1.73. The van der Waals surface area contributed by atoms with Crippen LogP contribution in [0.2, 0.25) is 0 Å². The van der Waals surface area contributed by atoms with Crippen molar-refractivity contribution in [1.82, 2.24) is 10.6 Å². The molecule has 3 N–H and O–H groups in total. The second-order valence-electron chi connectivity index (χ2n) is 6.45. The predicted molar refractivity (Wildman–Crippen MR) is 103 cm³/mol. The Kier molecular flexibility index (Phi) is 5.94. The van der Waals surface area contributed by atoms with Crippen molar-refractivity contribution >= 4 is 11.6 Å². The molecule has 0 saturated carbocycles. The molecule has 138 valence electrons. The highest BCUT2D eigenvalue weighted by Gasteiger charge is 2.20. The molecule has 0 unspecified atom stereocenters. The third-order valence-corrected chi connectivity index (χ3v) is 4.65. The van der Waals surface area contributed by atoms with Gasteiger partial charge in [0, 0.05) is 38.4 Å². The maximum absolute atomic E-state index is 13.4. The van der Waals surface area contributed by atoms with E-state index in [0.29, 0.717) is 18.5 Å². The molecular formula is C20H25FN4O. The van der Waals surface area contributed by atoms with Crippen molar-refractivity contribution in [2.75, 3.05) is 25.0 Å². The SMILES string of the molecule is CN=C(NCc1ccc(O)c(F)c1)NC1CCN(c2ccccc2)CC1. The average molecular weight is 356 g/mol. The number of benzene rings is 2. The van der Waals surface area contributed by atoms with Gasteiger partial charge >= 0.3 is 0 Å². The third-order valence-electron chi connectivity index (χ3n) is 4.65. The summed E-state index contributed by atoms with van der Waals surface area (Å²) in [6.07, 6.45) is 2.06. The summed E-state index contributed by atoms with van der Waals surface area (Å²) in [4.78, 5) is 6.65. The topological polar surface area (TPSA) is 59.9 Å². The molecule has 1 aliphatic heterocycles. The number of hydrogen-bond donors (Lipinski definition) is 3. The molecule has 6 heteroatoms. The van der Waals surface area contributed by atoms with Crippen LogP contribution in [0.15, 0.2) is 53.5 Å². The first-order chi connectivity index (χ1) is 12.7. The Labute approximate surface area is 153 Å². The van der Waals surface area contributed by atoms with E-state index >= 15 is 0 Å². The molecule has 0 amide bonds. The molecule has 26 heavy (non-hydrogen) atoms. The number of halogens is 1. The zero-order valence-corrected chi connectivity index (χ0v) is 15.0. The number of para-hydroxylation sites is 1. The van der Waals surface area contributed by atoms with E-state index in [4.69, 9.17) is 0 Å². The molecule has 2 aromatic rings. The third kappa shape index (κ3) is 4.65. The molecule has 1 fully saturated rings. The van der Waals surface area contributed by atoms with E-state index < -0.39 is 5.82 Å². The lowest BCUT2D eigenvalue weighted by Crippen LogP contribution is -2.48. The van der Waals surface area contributed by atoms with Gasteiger partial charge in [0.05, 0.1) is 0 Å². The Morgan fingerprint density at radius 3 is 2.58 bits per heavy atom. The summed E-state index contributed by atoms with van der Waals surface area (Å²) in [6, 6.07) is 15.2. The van der Waals surface area contributed by atoms with E-state index in [1.165, 1.54) is 17.8 Å². The number of hydrogen-bond acceptors (Lipinski definition) is 3. The Balaban J connectivity index is 1.47. The summed E-state index contributed by atoms with van der Waals surface area (Å²) >= 11 is 0. The van der Waals surface area contributed by atoms with Crippen molar-refractivity contribution in [3.63, 3.8) is 0 Å². The molecule has 0 aliphatic carbocycles. The number of aliphatic imine (C=N–C) groups is 1. The van der Waals surface area contributed by atoms with E-state index in [1.54, 1.807) is 13.1 Å². The van der Waals surface area contributed by atoms with Gasteiger partial charge in [0.1, 0.15) is 0 Å². The van der Waals surface area contributed by atoms with Crippen LogP contribution in [0, 0.1) is 5.82 Å². The lowest BCUT2D eigenvalue weighted by molar-refractivity contribution is 0.431. The molecule has 0 radical (unpaired) electrons. The molecule has 1 aliphatic rings. The second kappa shape index (κ2) is 8.56. The van der Waals surface area contributed by atoms with Gasteiger partial charge < -0.3 is 20.6 Å². The molecule has 0 aromatic heterocycles. The van der Waals surface area contributed by atoms with Crippen LogP contribution in [-0.4, -0.2) is 37.2 Å². The van der Waals surface area contributed by atoms with Crippen molar-refractivity contribution in [1.29, 1.82) is 0 Å². The fourth-order valence-corrected chi connectivity index (χ4v) is 3.15. The number of phenolic OH excluding ortho intramolecular Hbond substituents is 1. The van der Waals surface area contributed by atoms with Crippen LogP contribution in [0.1, 0.15) is 18.4 Å². The van der Waals surface area contributed by atoms with Crippen LogP contribution in [0.3, 0.4) is 0 Å². The lowest BCUT2D eigenvalue weighted by Gasteiger charge is -2.34. The van der Waals surface area contributed by atoms with Gasteiger partial charge in [0.15, 0.2) is 17.5 Å². The molecule has 1 heterocycles. The highest BCUT2D eigenvalue weighted by atomic mass is 19.1. The van der Waals surface area contributed by atoms with Gasteiger partial charge in [-0.1, -0.05) is 24.3 Å². The van der Waals surface area contributed by atoms with Crippen LogP contribution in [-0.2, 0) is 6.54 Å². The largest absolute Gasteiger partial charge is 0.505 e. The Morgan fingerprint density at radius 2 is 1.92 bits per heavy atom. The van der Waals surface area contributed by atoms with Gasteiger partial charge in [0.25, 0.3) is 0 Å². The minimum atomic E-state index is -0.611. The van der Waals surface area contributed by atoms with Crippen molar-refractivity contribution < 1.29 is 9.50 Å². The summed E-state index contributed by atoms with van der Waals surface area (Å²) in [5.41, 5.74) is 2.02. The smallest absolute Gasteiger partial charge is 0.191 e. The first kappa shape index (κ1) is 18.0. The molecule has 1 saturated heterocycles. The molecule has 0 bridgehead atoms. The first-order valence-electron chi connectivity index (χ1n) is 8.90. The fraction of sp³-hybridized carbons (Fsp3) is 0.350. The fourth-order valence-electron chi connectivity index (χ4n) is 3.15. The zero-order valence-electron chi connectivity index (χ0n) is 15.0. The summed E-state index contributed by atoms with van der Waals surface area (Å²) in [5, 5.41) is 15.9. The first-order valence-corrected chi connectivity index (χ1v) is 8.90. The number of anilines is 1. The Bertz CT molecular complexity index is 743. The minimum absolute atomic E-state index is 0.332. The second-order valence-corrected chi connectivity index (χ2v) is 6.45. The molecular weight excluding hydrogens is 331 g/mol. The summed E-state index contributed by atoms with van der Waals surface area (Å²) < 4.78 is 13.4. The monoisotopic (exact) mass is 356 g/mol. The number of guanidine groups is 1. The number of rotatable bonds is 4. The Hall–Kier alpha value is -2.76. The lowest BCUT2D eigenvalue weighted by atomic mass is 10.0. The molecule has 0 atom stereocenters. The number of piperidine rings is 1. The minimum Gasteiger partial charge on any atom is -0.505 e. The van der Waals surface area contributed by atoms with Crippen LogP contribution in [0.25, 0.3) is 0 Å². The quantitative estimate of drug-likeness (QED) is 0.582. The number of nitrogens with zero attached hydrogens (tertiary/aromatic N) is 2. The van der Waals surface area contributed by atoms with Gasteiger partial charge in [-0.05, 0) is 42.7 Å². The van der Waals surface area contributed by atoms with E-state index in [9.17, 15) is 9.50 Å². The molecule has 2 aromatic carbocycles. The van der Waals surface area contributed by atoms with Crippen molar-refractivity contribution in [2.24, 2.45) is 4.99 Å². The highest BCUT2D eigenvalue weighted by Crippen LogP contribution is 2.19. The van der Waals surface area contributed by atoms with Crippen LogP contribution in [0.4, 0.5) is 10.1 Å². The highest BCUT2D eigenvalue weighted by molar-refractivity contribution is 5.80. The number of aromatic hydroxyl groups is 1. The van der Waals surface area contributed by atoms with Gasteiger partial charge in [-0.25, -0.2) is 4.39 Å². The normalized spacial score (nSPS) is 15.8. The summed E-state index contributed by atoms with van der Waals surface area (Å²) in [6.45, 7) is 2.45. The molecule has 3 rings (SSSR count). The average Bonchev–Trinajstić information content (AvgIpc) is 2.69. The maximum Gasteiger partial charge on any atom is 0.191 e. The van der Waals surface area contributed by atoms with Crippen molar-refractivity contribution in [3.05, 3.63) is 59.9 Å². The number of nitrogens with one attached hydrogen (secondary N) is 2.